The Bertz CT molecular complexity index is 727. The first-order chi connectivity index (χ1) is 11.5. The van der Waals surface area contributed by atoms with Crippen molar-refractivity contribution in [3.8, 4) is 17.2 Å². The summed E-state index contributed by atoms with van der Waals surface area (Å²) in [6.07, 6.45) is 1.50. The number of nitrogens with one attached hydrogen (secondary N) is 1. The fraction of sp³-hybridized carbons (Fsp3) is 0.375. The highest BCUT2D eigenvalue weighted by Gasteiger charge is 2.18. The molecule has 2 rings (SSSR count). The summed E-state index contributed by atoms with van der Waals surface area (Å²) in [5.41, 5.74) is 1.37. The second-order valence-electron chi connectivity index (χ2n) is 4.90. The molecule has 2 N–H and O–H groups in total. The summed E-state index contributed by atoms with van der Waals surface area (Å²) in [5, 5.41) is 16.5. The van der Waals surface area contributed by atoms with Crippen molar-refractivity contribution >= 4 is 11.7 Å². The average Bonchev–Trinajstić information content (AvgIpc) is 3.02. The summed E-state index contributed by atoms with van der Waals surface area (Å²) in [5.74, 6) is 0.706. The number of nitrogens with zero attached hydrogens (tertiary/aromatic N) is 2. The smallest absolute Gasteiger partial charge is 0.356 e. The molecule has 0 aliphatic heterocycles. The van der Waals surface area contributed by atoms with Gasteiger partial charge < -0.3 is 24.6 Å². The number of aromatic carboxylic acids is 1. The third-order valence-electron chi connectivity index (χ3n) is 3.60. The van der Waals surface area contributed by atoms with E-state index in [1.165, 1.54) is 10.9 Å². The van der Waals surface area contributed by atoms with Crippen LogP contribution < -0.4 is 19.5 Å². The zero-order chi connectivity index (χ0) is 17.7. The van der Waals surface area contributed by atoms with Crippen LogP contribution in [0.4, 0.5) is 5.69 Å². The van der Waals surface area contributed by atoms with E-state index in [9.17, 15) is 9.90 Å². The van der Waals surface area contributed by atoms with E-state index in [4.69, 9.17) is 14.2 Å². The number of methoxy groups -OCH3 is 3. The van der Waals surface area contributed by atoms with Crippen LogP contribution in [0.2, 0.25) is 0 Å². The van der Waals surface area contributed by atoms with Crippen molar-refractivity contribution in [2.24, 2.45) is 0 Å². The standard InChI is InChI=1S/C16H21N3O5/c1-5-19-15(16(20)21)11(9-18-19)17-8-10-6-13(23-3)14(24-4)7-12(10)22-2/h6-7,9,17H,5,8H2,1-4H3,(H,20,21). The highest BCUT2D eigenvalue weighted by atomic mass is 16.5. The number of hydrogen-bond acceptors (Lipinski definition) is 6. The van der Waals surface area contributed by atoms with Crippen LogP contribution in [0.15, 0.2) is 18.3 Å². The minimum atomic E-state index is -1.03. The maximum absolute atomic E-state index is 11.4. The van der Waals surface area contributed by atoms with E-state index in [1.54, 1.807) is 33.5 Å². The van der Waals surface area contributed by atoms with E-state index >= 15 is 0 Å². The van der Waals surface area contributed by atoms with E-state index in [0.717, 1.165) is 5.56 Å². The number of aryl methyl sites for hydroxylation is 1. The Morgan fingerprint density at radius 3 is 2.33 bits per heavy atom. The van der Waals surface area contributed by atoms with Gasteiger partial charge in [-0.1, -0.05) is 0 Å². The summed E-state index contributed by atoms with van der Waals surface area (Å²) < 4.78 is 17.3. The molecule has 0 saturated carbocycles. The zero-order valence-corrected chi connectivity index (χ0v) is 14.1. The van der Waals surface area contributed by atoms with Gasteiger partial charge in [-0.25, -0.2) is 4.79 Å². The van der Waals surface area contributed by atoms with Crippen molar-refractivity contribution in [1.82, 2.24) is 9.78 Å². The third kappa shape index (κ3) is 3.37. The van der Waals surface area contributed by atoms with Crippen LogP contribution in [0.25, 0.3) is 0 Å². The van der Waals surface area contributed by atoms with Crippen LogP contribution in [0.5, 0.6) is 17.2 Å². The van der Waals surface area contributed by atoms with Gasteiger partial charge in [0.25, 0.3) is 0 Å². The van der Waals surface area contributed by atoms with Gasteiger partial charge in [0, 0.05) is 24.7 Å². The Labute approximate surface area is 139 Å². The summed E-state index contributed by atoms with van der Waals surface area (Å²) in [6, 6.07) is 3.51. The maximum atomic E-state index is 11.4. The number of aromatic nitrogens is 2. The average molecular weight is 335 g/mol. The number of hydrogen-bond donors (Lipinski definition) is 2. The van der Waals surface area contributed by atoms with Gasteiger partial charge in [-0.2, -0.15) is 5.10 Å². The number of carboxylic acids is 1. The number of anilines is 1. The maximum Gasteiger partial charge on any atom is 0.356 e. The molecule has 0 atom stereocenters. The summed E-state index contributed by atoms with van der Waals surface area (Å²) in [4.78, 5) is 11.4. The number of carbonyl (C=O) groups is 1. The molecular formula is C16H21N3O5. The molecule has 0 aliphatic carbocycles. The Morgan fingerprint density at radius 1 is 1.17 bits per heavy atom. The molecule has 0 spiro atoms. The Hall–Kier alpha value is -2.90. The Morgan fingerprint density at radius 2 is 1.79 bits per heavy atom. The van der Waals surface area contributed by atoms with Gasteiger partial charge in [0.05, 0.1) is 33.2 Å². The molecule has 1 aromatic carbocycles. The first kappa shape index (κ1) is 17.5. The molecule has 0 saturated heterocycles. The number of ether oxygens (including phenoxy) is 3. The van der Waals surface area contributed by atoms with Gasteiger partial charge >= 0.3 is 5.97 Å². The van der Waals surface area contributed by atoms with Gasteiger partial charge in [-0.15, -0.1) is 0 Å². The van der Waals surface area contributed by atoms with E-state index in [-0.39, 0.29) is 5.69 Å². The van der Waals surface area contributed by atoms with Gasteiger partial charge in [0.2, 0.25) is 0 Å². The van der Waals surface area contributed by atoms with E-state index in [1.807, 2.05) is 6.92 Å². The van der Waals surface area contributed by atoms with Crippen LogP contribution in [-0.2, 0) is 13.1 Å². The molecule has 1 aromatic heterocycles. The van der Waals surface area contributed by atoms with E-state index in [0.29, 0.717) is 36.0 Å². The highest BCUT2D eigenvalue weighted by molar-refractivity contribution is 5.92. The van der Waals surface area contributed by atoms with Crippen LogP contribution >= 0.6 is 0 Å². The molecule has 130 valence electrons. The molecule has 0 fully saturated rings. The molecule has 0 aliphatic rings. The number of rotatable bonds is 8. The first-order valence-electron chi connectivity index (χ1n) is 7.37. The molecule has 2 aromatic rings. The van der Waals surface area contributed by atoms with Crippen LogP contribution in [0.1, 0.15) is 23.0 Å². The van der Waals surface area contributed by atoms with Gasteiger partial charge in [-0.3, -0.25) is 4.68 Å². The molecule has 24 heavy (non-hydrogen) atoms. The van der Waals surface area contributed by atoms with Crippen molar-refractivity contribution in [3.05, 3.63) is 29.6 Å². The monoisotopic (exact) mass is 335 g/mol. The highest BCUT2D eigenvalue weighted by Crippen LogP contribution is 2.35. The fourth-order valence-electron chi connectivity index (χ4n) is 2.40. The fourth-order valence-corrected chi connectivity index (χ4v) is 2.40. The summed E-state index contributed by atoms with van der Waals surface area (Å²) in [6.45, 7) is 2.66. The molecule has 0 amide bonds. The summed E-state index contributed by atoms with van der Waals surface area (Å²) in [7, 11) is 4.66. The van der Waals surface area contributed by atoms with Crippen molar-refractivity contribution in [2.45, 2.75) is 20.0 Å². The molecule has 0 unspecified atom stereocenters. The topological polar surface area (TPSA) is 94.8 Å². The lowest BCUT2D eigenvalue weighted by Gasteiger charge is -2.15. The molecular weight excluding hydrogens is 314 g/mol. The second-order valence-corrected chi connectivity index (χ2v) is 4.90. The normalized spacial score (nSPS) is 10.3. The van der Waals surface area contributed by atoms with Gasteiger partial charge in [0.1, 0.15) is 5.75 Å². The van der Waals surface area contributed by atoms with Crippen molar-refractivity contribution in [2.75, 3.05) is 26.6 Å². The minimum Gasteiger partial charge on any atom is -0.496 e. The van der Waals surface area contributed by atoms with Crippen molar-refractivity contribution in [1.29, 1.82) is 0 Å². The summed E-state index contributed by atoms with van der Waals surface area (Å²) >= 11 is 0. The first-order valence-corrected chi connectivity index (χ1v) is 7.37. The lowest BCUT2D eigenvalue weighted by Crippen LogP contribution is -2.12. The van der Waals surface area contributed by atoms with Crippen LogP contribution in [0.3, 0.4) is 0 Å². The second kappa shape index (κ2) is 7.58. The zero-order valence-electron chi connectivity index (χ0n) is 14.1. The molecule has 1 heterocycles. The van der Waals surface area contributed by atoms with Gasteiger partial charge in [-0.05, 0) is 13.0 Å². The predicted octanol–water partition coefficient (Wildman–Crippen LogP) is 2.24. The lowest BCUT2D eigenvalue weighted by molar-refractivity contribution is 0.0684. The molecule has 8 nitrogen and oxygen atoms in total. The SMILES string of the molecule is CCn1ncc(NCc2cc(OC)c(OC)cc2OC)c1C(=O)O. The van der Waals surface area contributed by atoms with E-state index < -0.39 is 5.97 Å². The lowest BCUT2D eigenvalue weighted by atomic mass is 10.1. The van der Waals surface area contributed by atoms with Crippen molar-refractivity contribution in [3.63, 3.8) is 0 Å². The quantitative estimate of drug-likeness (QED) is 0.764. The minimum absolute atomic E-state index is 0.122. The van der Waals surface area contributed by atoms with E-state index in [2.05, 4.69) is 10.4 Å². The Balaban J connectivity index is 2.29. The predicted molar refractivity (Wildman–Crippen MR) is 88.3 cm³/mol. The Kier molecular flexibility index (Phi) is 5.51. The van der Waals surface area contributed by atoms with Crippen molar-refractivity contribution < 1.29 is 24.1 Å². The number of benzene rings is 1. The van der Waals surface area contributed by atoms with Crippen LogP contribution in [-0.4, -0.2) is 42.2 Å². The third-order valence-corrected chi connectivity index (χ3v) is 3.60. The molecule has 0 radical (unpaired) electrons. The molecule has 0 bridgehead atoms. The molecule has 8 heteroatoms. The largest absolute Gasteiger partial charge is 0.496 e. The number of carboxylic acid groups (broad SMARTS) is 1. The van der Waals surface area contributed by atoms with Gasteiger partial charge in [0.15, 0.2) is 17.2 Å². The van der Waals surface area contributed by atoms with Crippen LogP contribution in [0, 0.1) is 0 Å².